The third kappa shape index (κ3) is 5.34. The van der Waals surface area contributed by atoms with Gasteiger partial charge in [0.05, 0.1) is 18.1 Å². The van der Waals surface area contributed by atoms with Crippen molar-refractivity contribution < 1.29 is 9.13 Å². The van der Waals surface area contributed by atoms with Gasteiger partial charge in [0.15, 0.2) is 0 Å². The van der Waals surface area contributed by atoms with Gasteiger partial charge in [0.1, 0.15) is 17.4 Å². The summed E-state index contributed by atoms with van der Waals surface area (Å²) in [5.41, 5.74) is 2.38. The molecule has 2 aromatic rings. The molecule has 3 heterocycles. The second-order valence-electron chi connectivity index (χ2n) is 8.01. The van der Waals surface area contributed by atoms with Crippen molar-refractivity contribution in [2.45, 2.75) is 56.8 Å². The zero-order valence-corrected chi connectivity index (χ0v) is 17.4. The third-order valence-corrected chi connectivity index (χ3v) is 5.95. The van der Waals surface area contributed by atoms with Crippen molar-refractivity contribution in [2.24, 2.45) is 0 Å². The van der Waals surface area contributed by atoms with E-state index >= 15 is 0 Å². The van der Waals surface area contributed by atoms with Crippen LogP contribution in [0.15, 0.2) is 24.7 Å². The molecule has 1 saturated carbocycles. The number of pyridine rings is 1. The van der Waals surface area contributed by atoms with Crippen LogP contribution in [-0.2, 0) is 0 Å². The Morgan fingerprint density at radius 2 is 1.79 bits per heavy atom. The lowest BCUT2D eigenvalue weighted by atomic mass is 9.93. The first kappa shape index (κ1) is 20.3. The maximum atomic E-state index is 13.4. The molecule has 6 nitrogen and oxygen atoms in total. The van der Waals surface area contributed by atoms with E-state index in [1.165, 1.54) is 0 Å². The van der Waals surface area contributed by atoms with Crippen LogP contribution in [0, 0.1) is 0 Å². The van der Waals surface area contributed by atoms with Gasteiger partial charge in [-0.3, -0.25) is 0 Å². The number of nitrogens with zero attached hydrogens (tertiary/aromatic N) is 4. The molecule has 2 aromatic heterocycles. The number of rotatable bonds is 5. The largest absolute Gasteiger partial charge is 0.473 e. The molecule has 0 amide bonds. The summed E-state index contributed by atoms with van der Waals surface area (Å²) in [7, 11) is 2.12. The highest BCUT2D eigenvalue weighted by Crippen LogP contribution is 2.31. The van der Waals surface area contributed by atoms with Crippen molar-refractivity contribution in [1.29, 1.82) is 0 Å². The molecule has 0 atom stereocenters. The second kappa shape index (κ2) is 9.22. The molecule has 1 N–H and O–H groups in total. The Labute approximate surface area is 175 Å². The summed E-state index contributed by atoms with van der Waals surface area (Å²) in [6, 6.07) is 2.02. The fourth-order valence-corrected chi connectivity index (χ4v) is 4.12. The monoisotopic (exact) mass is 419 g/mol. The highest BCUT2D eigenvalue weighted by atomic mass is 35.5. The van der Waals surface area contributed by atoms with Crippen LogP contribution in [0.4, 0.5) is 10.1 Å². The van der Waals surface area contributed by atoms with Gasteiger partial charge >= 0.3 is 0 Å². The van der Waals surface area contributed by atoms with E-state index in [1.807, 2.05) is 0 Å². The van der Waals surface area contributed by atoms with Crippen LogP contribution in [0.2, 0.25) is 5.15 Å². The van der Waals surface area contributed by atoms with Crippen molar-refractivity contribution in [3.05, 3.63) is 29.8 Å². The predicted octanol–water partition coefficient (Wildman–Crippen LogP) is 4.36. The fourth-order valence-electron chi connectivity index (χ4n) is 3.96. The zero-order valence-electron chi connectivity index (χ0n) is 16.7. The van der Waals surface area contributed by atoms with Crippen LogP contribution >= 0.6 is 11.6 Å². The Hall–Kier alpha value is -1.99. The molecule has 4 rings (SSSR count). The van der Waals surface area contributed by atoms with Crippen molar-refractivity contribution >= 4 is 17.3 Å². The Morgan fingerprint density at radius 1 is 1.03 bits per heavy atom. The summed E-state index contributed by atoms with van der Waals surface area (Å²) in [4.78, 5) is 15.5. The lowest BCUT2D eigenvalue weighted by molar-refractivity contribution is 0.109. The number of halogens is 2. The first-order valence-corrected chi connectivity index (χ1v) is 10.7. The van der Waals surface area contributed by atoms with Gasteiger partial charge in [0.25, 0.3) is 0 Å². The zero-order chi connectivity index (χ0) is 20.2. The van der Waals surface area contributed by atoms with Crippen molar-refractivity contribution in [3.63, 3.8) is 0 Å². The Bertz CT molecular complexity index is 805. The van der Waals surface area contributed by atoms with Gasteiger partial charge in [-0.2, -0.15) is 0 Å². The summed E-state index contributed by atoms with van der Waals surface area (Å²) < 4.78 is 19.4. The van der Waals surface area contributed by atoms with E-state index in [0.29, 0.717) is 29.6 Å². The van der Waals surface area contributed by atoms with Gasteiger partial charge in [0, 0.05) is 36.6 Å². The third-order valence-electron chi connectivity index (χ3n) is 5.74. The van der Waals surface area contributed by atoms with E-state index < -0.39 is 6.17 Å². The van der Waals surface area contributed by atoms with E-state index in [1.54, 1.807) is 24.7 Å². The number of ether oxygens (including phenoxy) is 1. The number of nitrogens with one attached hydrogen (secondary N) is 1. The maximum absolute atomic E-state index is 13.4. The van der Waals surface area contributed by atoms with Gasteiger partial charge in [0.2, 0.25) is 5.88 Å². The van der Waals surface area contributed by atoms with E-state index in [-0.39, 0.29) is 12.1 Å². The Balaban J connectivity index is 1.46. The molecule has 1 saturated heterocycles. The minimum Gasteiger partial charge on any atom is -0.473 e. The fraction of sp³-hybridized carbons (Fsp3) is 0.571. The van der Waals surface area contributed by atoms with E-state index in [0.717, 1.165) is 50.0 Å². The van der Waals surface area contributed by atoms with E-state index in [2.05, 4.69) is 32.2 Å². The summed E-state index contributed by atoms with van der Waals surface area (Å²) in [6.45, 7) is 2.07. The van der Waals surface area contributed by atoms with Crippen molar-refractivity contribution in [3.8, 4) is 17.1 Å². The molecule has 1 aliphatic carbocycles. The summed E-state index contributed by atoms with van der Waals surface area (Å²) in [5.74, 6) is 0.543. The molecule has 2 aliphatic rings. The summed E-state index contributed by atoms with van der Waals surface area (Å²) in [5, 5.41) is 3.91. The lowest BCUT2D eigenvalue weighted by Gasteiger charge is -2.28. The molecule has 8 heteroatoms. The van der Waals surface area contributed by atoms with Crippen LogP contribution in [-0.4, -0.2) is 58.3 Å². The smallest absolute Gasteiger partial charge is 0.232 e. The van der Waals surface area contributed by atoms with Crippen LogP contribution < -0.4 is 10.1 Å². The first-order chi connectivity index (χ1) is 14.1. The first-order valence-electron chi connectivity index (χ1n) is 10.3. The second-order valence-corrected chi connectivity index (χ2v) is 8.39. The molecular formula is C21H27ClFN5O. The average Bonchev–Trinajstić information content (AvgIpc) is 2.72. The molecule has 0 spiro atoms. The topological polar surface area (TPSA) is 63.2 Å². The molecule has 0 radical (unpaired) electrons. The van der Waals surface area contributed by atoms with Crippen molar-refractivity contribution in [2.75, 3.05) is 25.5 Å². The Morgan fingerprint density at radius 3 is 2.48 bits per heavy atom. The number of hydrogen-bond donors (Lipinski definition) is 1. The number of likely N-dealkylation sites (tertiary alicyclic amines) is 1. The minimum absolute atomic E-state index is 0.186. The highest BCUT2D eigenvalue weighted by molar-refractivity contribution is 6.29. The molecule has 0 aromatic carbocycles. The van der Waals surface area contributed by atoms with Gasteiger partial charge in [-0.1, -0.05) is 11.6 Å². The molecule has 0 bridgehead atoms. The van der Waals surface area contributed by atoms with Gasteiger partial charge in [-0.15, -0.1) is 0 Å². The minimum atomic E-state index is -0.684. The molecule has 156 valence electrons. The number of anilines is 1. The molecule has 0 unspecified atom stereocenters. The lowest BCUT2D eigenvalue weighted by Crippen LogP contribution is -2.35. The molecular weight excluding hydrogens is 393 g/mol. The molecule has 29 heavy (non-hydrogen) atoms. The van der Waals surface area contributed by atoms with E-state index in [4.69, 9.17) is 16.3 Å². The van der Waals surface area contributed by atoms with Crippen LogP contribution in [0.5, 0.6) is 5.88 Å². The van der Waals surface area contributed by atoms with Gasteiger partial charge in [-0.05, 0) is 51.6 Å². The summed E-state index contributed by atoms with van der Waals surface area (Å²) >= 11 is 6.12. The average molecular weight is 420 g/mol. The normalized spacial score (nSPS) is 23.7. The maximum Gasteiger partial charge on any atom is 0.232 e. The predicted molar refractivity (Wildman–Crippen MR) is 112 cm³/mol. The van der Waals surface area contributed by atoms with Crippen LogP contribution in [0.3, 0.4) is 0 Å². The van der Waals surface area contributed by atoms with Gasteiger partial charge in [-0.25, -0.2) is 19.3 Å². The summed E-state index contributed by atoms with van der Waals surface area (Å²) in [6.07, 6.45) is 9.36. The number of aromatic nitrogens is 3. The Kier molecular flexibility index (Phi) is 6.45. The standard InChI is InChI=1S/C21H27ClFN5O/c1-28-8-6-16(7-9-28)29-21-13-24-19(12-26-21)17-11-25-20(22)10-18(17)27-15-4-2-14(23)3-5-15/h10-16H,2-9H2,1H3,(H,25,27). The van der Waals surface area contributed by atoms with Crippen LogP contribution in [0.25, 0.3) is 11.3 Å². The van der Waals surface area contributed by atoms with Gasteiger partial charge < -0.3 is 15.0 Å². The highest BCUT2D eigenvalue weighted by Gasteiger charge is 2.22. The number of piperidine rings is 1. The van der Waals surface area contributed by atoms with Crippen LogP contribution in [0.1, 0.15) is 38.5 Å². The number of alkyl halides is 1. The molecule has 1 aliphatic heterocycles. The quantitative estimate of drug-likeness (QED) is 0.726. The number of hydrogen-bond acceptors (Lipinski definition) is 6. The SMILES string of the molecule is CN1CCC(Oc2cnc(-c3cnc(Cl)cc3NC3CCC(F)CC3)cn2)CC1. The van der Waals surface area contributed by atoms with Crippen molar-refractivity contribution in [1.82, 2.24) is 19.9 Å². The molecule has 2 fully saturated rings. The van der Waals surface area contributed by atoms with E-state index in [9.17, 15) is 4.39 Å².